The molecule has 150 valence electrons. The van der Waals surface area contributed by atoms with Gasteiger partial charge in [0.15, 0.2) is 0 Å². The largest absolute Gasteiger partial charge is 0.461 e. The Hall–Kier alpha value is -2.44. The molecule has 1 amide bonds. The molecule has 0 N–H and O–H groups in total. The minimum atomic E-state index is -0.190. The molecule has 1 aliphatic rings. The van der Waals surface area contributed by atoms with E-state index in [4.69, 9.17) is 17.0 Å². The lowest BCUT2D eigenvalue weighted by Crippen LogP contribution is -2.29. The Morgan fingerprint density at radius 3 is 2.41 bits per heavy atom. The lowest BCUT2D eigenvalue weighted by atomic mass is 10.2. The Morgan fingerprint density at radius 1 is 1.00 bits per heavy atom. The number of nitrogens with zero attached hydrogens (tertiary/aromatic N) is 1. The van der Waals surface area contributed by atoms with Crippen LogP contribution < -0.4 is 0 Å². The van der Waals surface area contributed by atoms with Gasteiger partial charge in [0, 0.05) is 13.0 Å². The number of hydrogen-bond donors (Lipinski definition) is 0. The van der Waals surface area contributed by atoms with Gasteiger partial charge in [-0.05, 0) is 30.0 Å². The molecule has 0 spiro atoms. The van der Waals surface area contributed by atoms with Gasteiger partial charge in [-0.15, -0.1) is 0 Å². The summed E-state index contributed by atoms with van der Waals surface area (Å²) in [6.07, 6.45) is 4.65. The molecule has 2 aromatic rings. The molecular weight excluding hydrogens is 402 g/mol. The van der Waals surface area contributed by atoms with Crippen LogP contribution in [0.15, 0.2) is 65.6 Å². The highest BCUT2D eigenvalue weighted by Gasteiger charge is 2.31. The molecule has 1 aliphatic heterocycles. The van der Waals surface area contributed by atoms with Crippen molar-refractivity contribution in [3.05, 3.63) is 76.7 Å². The predicted octanol–water partition coefficient (Wildman–Crippen LogP) is 5.19. The number of carbonyl (C=O) groups is 2. The average Bonchev–Trinajstić information content (AvgIpc) is 3.00. The van der Waals surface area contributed by atoms with Crippen LogP contribution in [0.4, 0.5) is 0 Å². The highest BCUT2D eigenvalue weighted by Crippen LogP contribution is 2.32. The number of amides is 1. The number of carbonyl (C=O) groups excluding carboxylic acids is 2. The van der Waals surface area contributed by atoms with E-state index in [1.165, 1.54) is 11.8 Å². The normalized spacial score (nSPS) is 15.2. The van der Waals surface area contributed by atoms with Crippen LogP contribution in [0.25, 0.3) is 6.08 Å². The number of benzene rings is 2. The molecule has 2 aromatic carbocycles. The predicted molar refractivity (Wildman–Crippen MR) is 121 cm³/mol. The van der Waals surface area contributed by atoms with Gasteiger partial charge in [0.05, 0.1) is 4.91 Å². The molecule has 0 bridgehead atoms. The van der Waals surface area contributed by atoms with Gasteiger partial charge in [-0.3, -0.25) is 14.5 Å². The first-order chi connectivity index (χ1) is 14.1. The highest BCUT2D eigenvalue weighted by atomic mass is 32.2. The minimum Gasteiger partial charge on any atom is -0.461 e. The molecule has 29 heavy (non-hydrogen) atoms. The molecule has 0 aliphatic carbocycles. The molecule has 6 heteroatoms. The number of ether oxygens (including phenoxy) is 1. The zero-order chi connectivity index (χ0) is 20.5. The Labute approximate surface area is 180 Å². The standard InChI is InChI=1S/C23H23NO3S2/c25-21(27-17-19-12-6-2-7-13-19)14-8-3-9-15-24-22(26)20(29-23(24)28)16-18-10-4-1-5-11-18/h1-2,4-7,10-13,16H,3,8-9,14-15,17H2. The molecule has 0 aromatic heterocycles. The summed E-state index contributed by atoms with van der Waals surface area (Å²) in [5, 5.41) is 0. The van der Waals surface area contributed by atoms with Crippen LogP contribution >= 0.6 is 24.0 Å². The van der Waals surface area contributed by atoms with E-state index in [2.05, 4.69) is 0 Å². The summed E-state index contributed by atoms with van der Waals surface area (Å²) < 4.78 is 5.87. The molecule has 3 rings (SSSR count). The summed E-state index contributed by atoms with van der Waals surface area (Å²) in [7, 11) is 0. The topological polar surface area (TPSA) is 46.6 Å². The Balaban J connectivity index is 1.36. The van der Waals surface area contributed by atoms with Crippen molar-refractivity contribution in [2.75, 3.05) is 6.54 Å². The zero-order valence-electron chi connectivity index (χ0n) is 16.1. The van der Waals surface area contributed by atoms with Crippen LogP contribution in [0.2, 0.25) is 0 Å². The number of rotatable bonds is 9. The molecule has 0 unspecified atom stereocenters. The fourth-order valence-corrected chi connectivity index (χ4v) is 4.23. The maximum absolute atomic E-state index is 12.6. The molecule has 1 fully saturated rings. The van der Waals surface area contributed by atoms with E-state index in [-0.39, 0.29) is 11.9 Å². The van der Waals surface area contributed by atoms with Gasteiger partial charge in [0.2, 0.25) is 0 Å². The summed E-state index contributed by atoms with van der Waals surface area (Å²) in [5.41, 5.74) is 1.97. The second-order valence-electron chi connectivity index (χ2n) is 6.70. The van der Waals surface area contributed by atoms with Crippen molar-refractivity contribution in [3.8, 4) is 0 Å². The van der Waals surface area contributed by atoms with E-state index in [0.29, 0.717) is 28.8 Å². The van der Waals surface area contributed by atoms with Crippen molar-refractivity contribution in [2.45, 2.75) is 32.3 Å². The van der Waals surface area contributed by atoms with Crippen LogP contribution in [0.3, 0.4) is 0 Å². The number of unbranched alkanes of at least 4 members (excludes halogenated alkanes) is 2. The van der Waals surface area contributed by atoms with Gasteiger partial charge in [0.25, 0.3) is 5.91 Å². The maximum Gasteiger partial charge on any atom is 0.306 e. The minimum absolute atomic E-state index is 0.0360. The SMILES string of the molecule is O=C(CCCCCN1C(=O)C(=Cc2ccccc2)SC1=S)OCc1ccccc1. The first-order valence-electron chi connectivity index (χ1n) is 9.63. The van der Waals surface area contributed by atoms with Crippen LogP contribution in [-0.4, -0.2) is 27.6 Å². The van der Waals surface area contributed by atoms with E-state index in [1.54, 1.807) is 4.90 Å². The monoisotopic (exact) mass is 425 g/mol. The molecule has 4 nitrogen and oxygen atoms in total. The third kappa shape index (κ3) is 6.54. The molecular formula is C23H23NO3S2. The van der Waals surface area contributed by atoms with Crippen LogP contribution in [-0.2, 0) is 20.9 Å². The molecule has 0 radical (unpaired) electrons. The van der Waals surface area contributed by atoms with E-state index >= 15 is 0 Å². The lowest BCUT2D eigenvalue weighted by molar-refractivity contribution is -0.145. The van der Waals surface area contributed by atoms with Crippen molar-refractivity contribution in [1.82, 2.24) is 4.90 Å². The van der Waals surface area contributed by atoms with E-state index in [0.717, 1.165) is 30.4 Å². The summed E-state index contributed by atoms with van der Waals surface area (Å²) in [5.74, 6) is -0.226. The fraction of sp³-hybridized carbons (Fsp3) is 0.261. The number of esters is 1. The molecule has 0 atom stereocenters. The van der Waals surface area contributed by atoms with Crippen LogP contribution in [0.5, 0.6) is 0 Å². The third-order valence-corrected chi connectivity index (χ3v) is 5.85. The van der Waals surface area contributed by atoms with Crippen LogP contribution in [0.1, 0.15) is 36.8 Å². The molecule has 0 saturated carbocycles. The quantitative estimate of drug-likeness (QED) is 0.239. The molecule has 1 heterocycles. The van der Waals surface area contributed by atoms with Crippen molar-refractivity contribution in [1.29, 1.82) is 0 Å². The van der Waals surface area contributed by atoms with E-state index in [1.807, 2.05) is 66.7 Å². The summed E-state index contributed by atoms with van der Waals surface area (Å²) in [6, 6.07) is 19.4. The van der Waals surface area contributed by atoms with Crippen molar-refractivity contribution < 1.29 is 14.3 Å². The number of thiocarbonyl (C=S) groups is 1. The summed E-state index contributed by atoms with van der Waals surface area (Å²) in [6.45, 7) is 0.889. The first-order valence-corrected chi connectivity index (χ1v) is 10.9. The van der Waals surface area contributed by atoms with Gasteiger partial charge in [-0.2, -0.15) is 0 Å². The molecule has 1 saturated heterocycles. The van der Waals surface area contributed by atoms with Gasteiger partial charge < -0.3 is 4.74 Å². The van der Waals surface area contributed by atoms with Crippen molar-refractivity contribution in [3.63, 3.8) is 0 Å². The lowest BCUT2D eigenvalue weighted by Gasteiger charge is -2.14. The van der Waals surface area contributed by atoms with Gasteiger partial charge in [-0.25, -0.2) is 0 Å². The average molecular weight is 426 g/mol. The second-order valence-corrected chi connectivity index (χ2v) is 8.38. The van der Waals surface area contributed by atoms with E-state index in [9.17, 15) is 9.59 Å². The second kappa shape index (κ2) is 10.9. The smallest absolute Gasteiger partial charge is 0.306 e. The first kappa shape index (κ1) is 21.3. The number of hydrogen-bond acceptors (Lipinski definition) is 5. The Bertz CT molecular complexity index is 882. The fourth-order valence-electron chi connectivity index (χ4n) is 2.92. The summed E-state index contributed by atoms with van der Waals surface area (Å²) >= 11 is 6.71. The highest BCUT2D eigenvalue weighted by molar-refractivity contribution is 8.26. The third-order valence-electron chi connectivity index (χ3n) is 4.48. The summed E-state index contributed by atoms with van der Waals surface area (Å²) in [4.78, 5) is 26.7. The maximum atomic E-state index is 12.6. The zero-order valence-corrected chi connectivity index (χ0v) is 17.7. The Kier molecular flexibility index (Phi) is 8.02. The van der Waals surface area contributed by atoms with E-state index < -0.39 is 0 Å². The van der Waals surface area contributed by atoms with Gasteiger partial charge >= 0.3 is 5.97 Å². The van der Waals surface area contributed by atoms with Gasteiger partial charge in [0.1, 0.15) is 10.9 Å². The van der Waals surface area contributed by atoms with Gasteiger partial charge in [-0.1, -0.05) is 91.1 Å². The Morgan fingerprint density at radius 2 is 1.69 bits per heavy atom. The van der Waals surface area contributed by atoms with Crippen LogP contribution in [0, 0.1) is 0 Å². The van der Waals surface area contributed by atoms with Crippen molar-refractivity contribution in [2.24, 2.45) is 0 Å². The van der Waals surface area contributed by atoms with Crippen molar-refractivity contribution >= 4 is 46.3 Å². The number of thioether (sulfide) groups is 1.